The third kappa shape index (κ3) is 6.43. The lowest BCUT2D eigenvalue weighted by atomic mass is 10.1. The summed E-state index contributed by atoms with van der Waals surface area (Å²) in [5.41, 5.74) is 12.1. The lowest BCUT2D eigenvalue weighted by molar-refractivity contribution is -0.130. The van der Waals surface area contributed by atoms with E-state index in [0.717, 1.165) is 24.0 Å². The molecule has 2 saturated carbocycles. The number of nitrogens with one attached hydrogen (secondary N) is 4. The Morgan fingerprint density at radius 2 is 0.971 bits per heavy atom. The summed E-state index contributed by atoms with van der Waals surface area (Å²) >= 11 is 0. The second-order valence-electron chi connectivity index (χ2n) is 9.00. The fourth-order valence-corrected chi connectivity index (χ4v) is 4.25. The summed E-state index contributed by atoms with van der Waals surface area (Å²) in [6.07, 6.45) is 2.97. The average Bonchev–Trinajstić information content (AvgIpc) is 3.78. The van der Waals surface area contributed by atoms with E-state index >= 15 is 0 Å². The Bertz CT molecular complexity index is 944. The van der Waals surface area contributed by atoms with Gasteiger partial charge >= 0.3 is 0 Å². The highest BCUT2D eigenvalue weighted by molar-refractivity contribution is 5.86. The van der Waals surface area contributed by atoms with E-state index in [2.05, 4.69) is 21.7 Å². The first-order valence-corrected chi connectivity index (χ1v) is 11.8. The Hall–Kier alpha value is -3.68. The average molecular weight is 463 g/mol. The van der Waals surface area contributed by atoms with Gasteiger partial charge in [0, 0.05) is 24.7 Å². The Balaban J connectivity index is 1.03. The number of hydrazine groups is 2. The fraction of sp³-hybridized carbons (Fsp3) is 0.385. The number of benzene rings is 2. The highest BCUT2D eigenvalue weighted by Crippen LogP contribution is 2.48. The van der Waals surface area contributed by atoms with Crippen LogP contribution in [0, 0.1) is 11.8 Å². The predicted octanol–water partition coefficient (Wildman–Crippen LogP) is 2.45. The van der Waals surface area contributed by atoms with E-state index in [1.54, 1.807) is 0 Å². The van der Waals surface area contributed by atoms with Gasteiger partial charge < -0.3 is 0 Å². The molecule has 4 unspecified atom stereocenters. The van der Waals surface area contributed by atoms with E-state index in [9.17, 15) is 19.2 Å². The summed E-state index contributed by atoms with van der Waals surface area (Å²) < 4.78 is 0. The van der Waals surface area contributed by atoms with Crippen LogP contribution in [-0.4, -0.2) is 23.6 Å². The zero-order valence-electron chi connectivity index (χ0n) is 19.0. The number of unbranched alkanes of at least 4 members (excludes halogenated alkanes) is 1. The third-order valence-corrected chi connectivity index (χ3v) is 6.42. The van der Waals surface area contributed by atoms with E-state index < -0.39 is 0 Å². The van der Waals surface area contributed by atoms with Gasteiger partial charge in [0.05, 0.1) is 0 Å². The van der Waals surface area contributed by atoms with Crippen LogP contribution in [0.5, 0.6) is 0 Å². The minimum absolute atomic E-state index is 0.111. The summed E-state index contributed by atoms with van der Waals surface area (Å²) in [5, 5.41) is 0. The van der Waals surface area contributed by atoms with Gasteiger partial charge in [0.15, 0.2) is 0 Å². The van der Waals surface area contributed by atoms with Crippen LogP contribution >= 0.6 is 0 Å². The van der Waals surface area contributed by atoms with Crippen LogP contribution in [0.3, 0.4) is 0 Å². The molecule has 4 atom stereocenters. The molecular weight excluding hydrogens is 432 g/mol. The van der Waals surface area contributed by atoms with E-state index in [0.29, 0.717) is 12.8 Å². The monoisotopic (exact) mass is 462 g/mol. The first-order valence-electron chi connectivity index (χ1n) is 11.8. The number of hydrogen-bond donors (Lipinski definition) is 4. The van der Waals surface area contributed by atoms with Crippen LogP contribution in [0.15, 0.2) is 60.7 Å². The molecule has 8 heteroatoms. The molecule has 2 aliphatic rings. The first-order chi connectivity index (χ1) is 16.5. The van der Waals surface area contributed by atoms with Crippen LogP contribution in [0.25, 0.3) is 0 Å². The van der Waals surface area contributed by atoms with E-state index in [4.69, 9.17) is 0 Å². The van der Waals surface area contributed by atoms with Crippen molar-refractivity contribution in [3.8, 4) is 0 Å². The summed E-state index contributed by atoms with van der Waals surface area (Å²) in [7, 11) is 0. The van der Waals surface area contributed by atoms with Gasteiger partial charge in [-0.3, -0.25) is 40.9 Å². The molecular formula is C26H30N4O4. The molecule has 0 aliphatic heterocycles. The maximum absolute atomic E-state index is 12.2. The zero-order valence-corrected chi connectivity index (χ0v) is 19.0. The van der Waals surface area contributed by atoms with Gasteiger partial charge in [-0.1, -0.05) is 60.7 Å². The fourth-order valence-electron chi connectivity index (χ4n) is 4.25. The molecule has 2 aromatic rings. The molecule has 2 fully saturated rings. The molecule has 4 N–H and O–H groups in total. The molecule has 2 aromatic carbocycles. The zero-order chi connectivity index (χ0) is 23.9. The van der Waals surface area contributed by atoms with Crippen LogP contribution in [0.4, 0.5) is 0 Å². The van der Waals surface area contributed by atoms with Crippen LogP contribution in [-0.2, 0) is 19.2 Å². The smallest absolute Gasteiger partial charge is 0.242 e. The van der Waals surface area contributed by atoms with Crippen molar-refractivity contribution < 1.29 is 19.2 Å². The summed E-state index contributed by atoms with van der Waals surface area (Å²) in [4.78, 5) is 48.3. The largest absolute Gasteiger partial charge is 0.273 e. The first kappa shape index (κ1) is 23.5. The Morgan fingerprint density at radius 3 is 1.35 bits per heavy atom. The molecule has 178 valence electrons. The molecule has 34 heavy (non-hydrogen) atoms. The van der Waals surface area contributed by atoms with Gasteiger partial charge in [0.1, 0.15) is 0 Å². The second kappa shape index (κ2) is 11.0. The molecule has 4 rings (SSSR count). The normalized spacial score (nSPS) is 22.2. The summed E-state index contributed by atoms with van der Waals surface area (Å²) in [5.74, 6) is -0.743. The minimum Gasteiger partial charge on any atom is -0.273 e. The molecule has 0 saturated heterocycles. The number of hydrogen-bond acceptors (Lipinski definition) is 4. The van der Waals surface area contributed by atoms with Crippen LogP contribution < -0.4 is 21.7 Å². The Labute approximate surface area is 198 Å². The maximum Gasteiger partial charge on any atom is 0.242 e. The predicted molar refractivity (Wildman–Crippen MR) is 126 cm³/mol. The number of rotatable bonds is 9. The quantitative estimate of drug-likeness (QED) is 0.338. The summed E-state index contributed by atoms with van der Waals surface area (Å²) in [6, 6.07) is 19.7. The number of carbonyl (C=O) groups excluding carboxylic acids is 4. The number of carbonyl (C=O) groups is 4. The van der Waals surface area contributed by atoms with Crippen LogP contribution in [0.2, 0.25) is 0 Å². The lowest BCUT2D eigenvalue weighted by Gasteiger charge is -2.08. The molecule has 4 amide bonds. The van der Waals surface area contributed by atoms with Crippen molar-refractivity contribution >= 4 is 23.6 Å². The third-order valence-electron chi connectivity index (χ3n) is 6.42. The molecule has 0 bridgehead atoms. The van der Waals surface area contributed by atoms with Gasteiger partial charge in [-0.05, 0) is 48.6 Å². The van der Waals surface area contributed by atoms with Gasteiger partial charge in [0.25, 0.3) is 0 Å². The highest BCUT2D eigenvalue weighted by atomic mass is 16.2. The molecule has 0 aromatic heterocycles. The van der Waals surface area contributed by atoms with Crippen molar-refractivity contribution in [2.24, 2.45) is 11.8 Å². The lowest BCUT2D eigenvalue weighted by Crippen LogP contribution is -2.43. The molecule has 8 nitrogen and oxygen atoms in total. The number of amides is 4. The van der Waals surface area contributed by atoms with E-state index in [1.807, 2.05) is 60.7 Å². The van der Waals surface area contributed by atoms with Crippen molar-refractivity contribution in [3.05, 3.63) is 71.8 Å². The van der Waals surface area contributed by atoms with Gasteiger partial charge in [-0.25, -0.2) is 0 Å². The van der Waals surface area contributed by atoms with Crippen molar-refractivity contribution in [1.82, 2.24) is 21.7 Å². The molecule has 0 spiro atoms. The maximum atomic E-state index is 12.2. The Kier molecular flexibility index (Phi) is 7.57. The topological polar surface area (TPSA) is 116 Å². The van der Waals surface area contributed by atoms with Crippen LogP contribution in [0.1, 0.15) is 61.5 Å². The molecule has 0 radical (unpaired) electrons. The molecule has 2 aliphatic carbocycles. The van der Waals surface area contributed by atoms with Crippen molar-refractivity contribution in [3.63, 3.8) is 0 Å². The molecule has 0 heterocycles. The Morgan fingerprint density at radius 1 is 0.588 bits per heavy atom. The van der Waals surface area contributed by atoms with Crippen molar-refractivity contribution in [2.75, 3.05) is 0 Å². The minimum atomic E-state index is -0.292. The van der Waals surface area contributed by atoms with Crippen molar-refractivity contribution in [1.29, 1.82) is 0 Å². The standard InChI is InChI=1S/C26H30N4O4/c31-23(27-29-25(33)21-15-19(21)17-9-3-1-4-10-17)13-7-8-14-24(32)28-30-26(34)22-16-20(22)18-11-5-2-6-12-18/h1-6,9-12,19-22H,7-8,13-16H2,(H,27,31)(H,28,32)(H,29,33)(H,30,34). The SMILES string of the molecule is O=C(CCCCC(=O)NNC(=O)C1CC1c1ccccc1)NNC(=O)C1CC1c1ccccc1. The highest BCUT2D eigenvalue weighted by Gasteiger charge is 2.44. The van der Waals surface area contributed by atoms with Gasteiger partial charge in [-0.15, -0.1) is 0 Å². The van der Waals surface area contributed by atoms with Gasteiger partial charge in [-0.2, -0.15) is 0 Å². The summed E-state index contributed by atoms with van der Waals surface area (Å²) in [6.45, 7) is 0. The van der Waals surface area contributed by atoms with Crippen molar-refractivity contribution in [2.45, 2.75) is 50.4 Å². The van der Waals surface area contributed by atoms with Gasteiger partial charge in [0.2, 0.25) is 23.6 Å². The van der Waals surface area contributed by atoms with E-state index in [1.165, 1.54) is 0 Å². The second-order valence-corrected chi connectivity index (χ2v) is 9.00. The van der Waals surface area contributed by atoms with E-state index in [-0.39, 0.29) is 60.1 Å².